The van der Waals surface area contributed by atoms with Gasteiger partial charge in [0.05, 0.1) is 18.2 Å². The van der Waals surface area contributed by atoms with Gasteiger partial charge in [0.2, 0.25) is 0 Å². The molecular weight excluding hydrogens is 359 g/mol. The third-order valence-corrected chi connectivity index (χ3v) is 3.78. The molecule has 0 N–H and O–H groups in total. The van der Waals surface area contributed by atoms with Gasteiger partial charge in [0.1, 0.15) is 11.5 Å². The standard InChI is InChI=1S/C20H21F3NO3/c1-3-24(13-15-8-10-16(11-9-15)20(21,22)23)19(25)14-27-18-7-5-6-17(12-18)26-4-2/h5-11H,3-4,13-14H2,1-2H3. The molecule has 7 heteroatoms. The van der Waals surface area contributed by atoms with Gasteiger partial charge in [-0.3, -0.25) is 4.79 Å². The smallest absolute Gasteiger partial charge is 0.416 e. The van der Waals surface area contributed by atoms with Crippen LogP contribution >= 0.6 is 0 Å². The Morgan fingerprint density at radius 2 is 1.67 bits per heavy atom. The molecule has 0 bridgehead atoms. The molecule has 2 aromatic rings. The van der Waals surface area contributed by atoms with E-state index >= 15 is 0 Å². The van der Waals surface area contributed by atoms with Gasteiger partial charge in [0.15, 0.2) is 6.61 Å². The fourth-order valence-electron chi connectivity index (χ4n) is 2.38. The van der Waals surface area contributed by atoms with Crippen LogP contribution in [0.1, 0.15) is 25.0 Å². The molecule has 0 fully saturated rings. The van der Waals surface area contributed by atoms with E-state index in [0.29, 0.717) is 30.2 Å². The average Bonchev–Trinajstić information content (AvgIpc) is 2.64. The molecular formula is C20H21F3NO3. The van der Waals surface area contributed by atoms with Gasteiger partial charge in [0, 0.05) is 13.1 Å². The van der Waals surface area contributed by atoms with Crippen molar-refractivity contribution in [1.29, 1.82) is 0 Å². The molecule has 0 aliphatic carbocycles. The Kier molecular flexibility index (Phi) is 7.10. The lowest BCUT2D eigenvalue weighted by atomic mass is 10.1. The summed E-state index contributed by atoms with van der Waals surface area (Å²) in [7, 11) is 0. The molecule has 2 aromatic carbocycles. The number of halogens is 3. The van der Waals surface area contributed by atoms with Crippen LogP contribution in [-0.4, -0.2) is 30.6 Å². The lowest BCUT2D eigenvalue weighted by molar-refractivity contribution is -0.137. The van der Waals surface area contributed by atoms with Crippen molar-refractivity contribution >= 4 is 5.91 Å². The van der Waals surface area contributed by atoms with Gasteiger partial charge in [-0.25, -0.2) is 0 Å². The van der Waals surface area contributed by atoms with Crippen molar-refractivity contribution in [3.8, 4) is 11.5 Å². The van der Waals surface area contributed by atoms with E-state index in [-0.39, 0.29) is 19.1 Å². The van der Waals surface area contributed by atoms with Crippen LogP contribution < -0.4 is 9.47 Å². The molecule has 2 rings (SSSR count). The maximum Gasteiger partial charge on any atom is 0.416 e. The Morgan fingerprint density at radius 3 is 2.22 bits per heavy atom. The number of ether oxygens (including phenoxy) is 2. The second-order valence-corrected chi connectivity index (χ2v) is 5.70. The van der Waals surface area contributed by atoms with Crippen molar-refractivity contribution in [2.24, 2.45) is 0 Å². The fourth-order valence-corrected chi connectivity index (χ4v) is 2.38. The second kappa shape index (κ2) is 9.30. The topological polar surface area (TPSA) is 38.8 Å². The van der Waals surface area contributed by atoms with E-state index in [9.17, 15) is 18.0 Å². The average molecular weight is 380 g/mol. The SMILES string of the molecule is CCOc1[c]c(OCC(=O)N(CC)Cc2ccc(C(F)(F)F)cc2)ccc1. The second-order valence-electron chi connectivity index (χ2n) is 5.70. The Hall–Kier alpha value is -2.70. The first-order valence-electron chi connectivity index (χ1n) is 8.55. The summed E-state index contributed by atoms with van der Waals surface area (Å²) in [5.74, 6) is 0.645. The first kappa shape index (κ1) is 20.6. The summed E-state index contributed by atoms with van der Waals surface area (Å²) in [5, 5.41) is 0. The molecule has 27 heavy (non-hydrogen) atoms. The van der Waals surface area contributed by atoms with E-state index in [0.717, 1.165) is 12.1 Å². The molecule has 0 atom stereocenters. The largest absolute Gasteiger partial charge is 0.493 e. The van der Waals surface area contributed by atoms with Gasteiger partial charge in [-0.2, -0.15) is 13.2 Å². The van der Waals surface area contributed by atoms with Gasteiger partial charge in [-0.05, 0) is 43.7 Å². The minimum absolute atomic E-state index is 0.194. The number of benzene rings is 2. The van der Waals surface area contributed by atoms with Crippen molar-refractivity contribution in [2.75, 3.05) is 19.8 Å². The van der Waals surface area contributed by atoms with E-state index in [1.165, 1.54) is 17.0 Å². The maximum atomic E-state index is 12.6. The fraction of sp³-hybridized carbons (Fsp3) is 0.350. The summed E-state index contributed by atoms with van der Waals surface area (Å²) in [6, 6.07) is 12.8. The van der Waals surface area contributed by atoms with Crippen molar-refractivity contribution < 1.29 is 27.4 Å². The number of carbonyl (C=O) groups is 1. The molecule has 0 saturated heterocycles. The molecule has 0 heterocycles. The summed E-state index contributed by atoms with van der Waals surface area (Å²) in [4.78, 5) is 13.9. The number of amides is 1. The lowest BCUT2D eigenvalue weighted by Crippen LogP contribution is -2.34. The lowest BCUT2D eigenvalue weighted by Gasteiger charge is -2.21. The molecule has 145 valence electrons. The summed E-state index contributed by atoms with van der Waals surface area (Å²) in [6.45, 7) is 4.57. The number of hydrogen-bond acceptors (Lipinski definition) is 3. The predicted molar refractivity (Wildman–Crippen MR) is 94.5 cm³/mol. The van der Waals surface area contributed by atoms with Crippen molar-refractivity contribution in [1.82, 2.24) is 4.90 Å². The van der Waals surface area contributed by atoms with Crippen LogP contribution in [0.25, 0.3) is 0 Å². The Balaban J connectivity index is 1.94. The van der Waals surface area contributed by atoms with Crippen LogP contribution in [0.5, 0.6) is 11.5 Å². The highest BCUT2D eigenvalue weighted by molar-refractivity contribution is 5.77. The van der Waals surface area contributed by atoms with Crippen LogP contribution in [0.4, 0.5) is 13.2 Å². The van der Waals surface area contributed by atoms with E-state index < -0.39 is 11.7 Å². The van der Waals surface area contributed by atoms with Gasteiger partial charge in [-0.15, -0.1) is 0 Å². The third-order valence-electron chi connectivity index (χ3n) is 3.78. The van der Waals surface area contributed by atoms with Crippen LogP contribution in [0, 0.1) is 6.07 Å². The first-order valence-corrected chi connectivity index (χ1v) is 8.55. The highest BCUT2D eigenvalue weighted by atomic mass is 19.4. The quantitative estimate of drug-likeness (QED) is 0.684. The number of alkyl halides is 3. The minimum atomic E-state index is -4.38. The van der Waals surface area contributed by atoms with Crippen molar-refractivity contribution in [2.45, 2.75) is 26.6 Å². The molecule has 0 unspecified atom stereocenters. The molecule has 0 aromatic heterocycles. The number of hydrogen-bond donors (Lipinski definition) is 0. The number of rotatable bonds is 8. The number of nitrogens with zero attached hydrogens (tertiary/aromatic N) is 1. The van der Waals surface area contributed by atoms with E-state index in [1.807, 2.05) is 6.92 Å². The van der Waals surface area contributed by atoms with E-state index in [2.05, 4.69) is 6.07 Å². The molecule has 0 spiro atoms. The van der Waals surface area contributed by atoms with E-state index in [4.69, 9.17) is 9.47 Å². The van der Waals surface area contributed by atoms with Crippen LogP contribution in [0.15, 0.2) is 42.5 Å². The summed E-state index contributed by atoms with van der Waals surface area (Å²) in [6.07, 6.45) is -4.38. The zero-order valence-electron chi connectivity index (χ0n) is 15.2. The summed E-state index contributed by atoms with van der Waals surface area (Å²) >= 11 is 0. The molecule has 4 nitrogen and oxygen atoms in total. The van der Waals surface area contributed by atoms with Crippen LogP contribution in [0.2, 0.25) is 0 Å². The zero-order chi connectivity index (χ0) is 19.9. The van der Waals surface area contributed by atoms with Crippen LogP contribution in [-0.2, 0) is 17.5 Å². The van der Waals surface area contributed by atoms with Gasteiger partial charge >= 0.3 is 6.18 Å². The zero-order valence-corrected chi connectivity index (χ0v) is 15.2. The number of likely N-dealkylation sites (N-methyl/N-ethyl adjacent to an activating group) is 1. The van der Waals surface area contributed by atoms with Crippen molar-refractivity contribution in [3.63, 3.8) is 0 Å². The molecule has 0 aliphatic heterocycles. The summed E-state index contributed by atoms with van der Waals surface area (Å²) in [5.41, 5.74) is -0.100. The maximum absolute atomic E-state index is 12.6. The Labute approximate surface area is 156 Å². The monoisotopic (exact) mass is 380 g/mol. The van der Waals surface area contributed by atoms with Gasteiger partial charge in [-0.1, -0.05) is 18.2 Å². The molecule has 1 amide bonds. The predicted octanol–water partition coefficient (Wildman–Crippen LogP) is 4.33. The molecule has 1 radical (unpaired) electrons. The van der Waals surface area contributed by atoms with Gasteiger partial charge < -0.3 is 14.4 Å². The van der Waals surface area contributed by atoms with E-state index in [1.54, 1.807) is 25.1 Å². The Bertz CT molecular complexity index is 745. The summed E-state index contributed by atoms with van der Waals surface area (Å²) < 4.78 is 48.7. The van der Waals surface area contributed by atoms with Crippen LogP contribution in [0.3, 0.4) is 0 Å². The molecule has 0 saturated carbocycles. The highest BCUT2D eigenvalue weighted by Gasteiger charge is 2.30. The normalized spacial score (nSPS) is 11.1. The highest BCUT2D eigenvalue weighted by Crippen LogP contribution is 2.29. The number of carbonyl (C=O) groups excluding carboxylic acids is 1. The van der Waals surface area contributed by atoms with Crippen molar-refractivity contribution in [3.05, 3.63) is 59.7 Å². The molecule has 0 aliphatic rings. The third kappa shape index (κ3) is 6.20. The minimum Gasteiger partial charge on any atom is -0.493 e. The Morgan fingerprint density at radius 1 is 1.04 bits per heavy atom. The van der Waals surface area contributed by atoms with Gasteiger partial charge in [0.25, 0.3) is 5.91 Å². The first-order chi connectivity index (χ1) is 12.8.